The highest BCUT2D eigenvalue weighted by Gasteiger charge is 2.30. The lowest BCUT2D eigenvalue weighted by Crippen LogP contribution is -2.48. The summed E-state index contributed by atoms with van der Waals surface area (Å²) in [6.07, 6.45) is 1.47. The van der Waals surface area contributed by atoms with Crippen molar-refractivity contribution in [3.63, 3.8) is 0 Å². The summed E-state index contributed by atoms with van der Waals surface area (Å²) >= 11 is 11.7. The van der Waals surface area contributed by atoms with E-state index in [0.717, 1.165) is 12.8 Å². The van der Waals surface area contributed by atoms with E-state index in [0.29, 0.717) is 0 Å². The first-order chi connectivity index (χ1) is 4.61. The summed E-state index contributed by atoms with van der Waals surface area (Å²) in [4.78, 5) is 0. The van der Waals surface area contributed by atoms with E-state index < -0.39 is 0 Å². The smallest absolute Gasteiger partial charge is 0.0502 e. The summed E-state index contributed by atoms with van der Waals surface area (Å²) < 4.78 is 0. The zero-order valence-corrected chi connectivity index (χ0v) is 7.15. The van der Waals surface area contributed by atoms with Crippen molar-refractivity contribution in [2.45, 2.75) is 35.7 Å². The lowest BCUT2D eigenvalue weighted by atomic mass is 9.91. The van der Waals surface area contributed by atoms with Crippen LogP contribution in [0.1, 0.15) is 12.8 Å². The molecule has 4 heteroatoms. The molecule has 0 aromatic carbocycles. The Kier molecular flexibility index (Phi) is 2.81. The second kappa shape index (κ2) is 3.26. The SMILES string of the molecule is NC1CC(Cl)C(N)CC1Cl. The Morgan fingerprint density at radius 1 is 0.900 bits per heavy atom. The minimum absolute atomic E-state index is 0.00463. The van der Waals surface area contributed by atoms with Crippen LogP contribution in [0.2, 0.25) is 0 Å². The van der Waals surface area contributed by atoms with E-state index in [9.17, 15) is 0 Å². The van der Waals surface area contributed by atoms with E-state index in [1.54, 1.807) is 0 Å². The van der Waals surface area contributed by atoms with Gasteiger partial charge in [0.2, 0.25) is 0 Å². The molecule has 0 aromatic rings. The number of nitrogens with two attached hydrogens (primary N) is 2. The van der Waals surface area contributed by atoms with Gasteiger partial charge in [-0.2, -0.15) is 0 Å². The van der Waals surface area contributed by atoms with Crippen LogP contribution in [-0.2, 0) is 0 Å². The van der Waals surface area contributed by atoms with Gasteiger partial charge in [-0.05, 0) is 12.8 Å². The zero-order valence-electron chi connectivity index (χ0n) is 5.63. The minimum Gasteiger partial charge on any atom is -0.326 e. The predicted molar refractivity (Wildman–Crippen MR) is 44.5 cm³/mol. The van der Waals surface area contributed by atoms with Gasteiger partial charge in [0.05, 0.1) is 10.8 Å². The first kappa shape index (κ1) is 8.60. The van der Waals surface area contributed by atoms with Crippen LogP contribution >= 0.6 is 23.2 Å². The number of halogens is 2. The van der Waals surface area contributed by atoms with Crippen LogP contribution in [0.25, 0.3) is 0 Å². The number of alkyl halides is 2. The molecule has 1 saturated carbocycles. The van der Waals surface area contributed by atoms with E-state index in [2.05, 4.69) is 0 Å². The molecule has 0 heterocycles. The van der Waals surface area contributed by atoms with Gasteiger partial charge in [0.1, 0.15) is 0 Å². The minimum atomic E-state index is 0.00463. The molecular weight excluding hydrogens is 171 g/mol. The van der Waals surface area contributed by atoms with E-state index >= 15 is 0 Å². The number of hydrogen-bond donors (Lipinski definition) is 2. The maximum Gasteiger partial charge on any atom is 0.0502 e. The van der Waals surface area contributed by atoms with Crippen LogP contribution in [0.4, 0.5) is 0 Å². The van der Waals surface area contributed by atoms with Crippen molar-refractivity contribution in [2.24, 2.45) is 11.5 Å². The Bertz CT molecular complexity index is 94.3. The van der Waals surface area contributed by atoms with Crippen LogP contribution in [0.5, 0.6) is 0 Å². The van der Waals surface area contributed by atoms with Crippen LogP contribution in [0.15, 0.2) is 0 Å². The molecule has 0 aliphatic heterocycles. The number of rotatable bonds is 0. The van der Waals surface area contributed by atoms with Crippen molar-refractivity contribution in [2.75, 3.05) is 0 Å². The van der Waals surface area contributed by atoms with Crippen LogP contribution in [0.3, 0.4) is 0 Å². The molecule has 60 valence electrons. The molecule has 4 N–H and O–H groups in total. The van der Waals surface area contributed by atoms with Crippen molar-refractivity contribution in [3.8, 4) is 0 Å². The average molecular weight is 183 g/mol. The van der Waals surface area contributed by atoms with Crippen molar-refractivity contribution >= 4 is 23.2 Å². The Morgan fingerprint density at radius 2 is 1.20 bits per heavy atom. The molecule has 2 nitrogen and oxygen atoms in total. The molecule has 10 heavy (non-hydrogen) atoms. The molecule has 1 aliphatic carbocycles. The molecule has 1 aliphatic rings. The standard InChI is InChI=1S/C6H12Cl2N2/c7-3-1-5(9)4(8)2-6(3)10/h3-6H,1-2,9-10H2. The quantitative estimate of drug-likeness (QED) is 0.541. The second-order valence-corrected chi connectivity index (χ2v) is 3.95. The topological polar surface area (TPSA) is 52.0 Å². The normalized spacial score (nSPS) is 49.2. The fourth-order valence-corrected chi connectivity index (χ4v) is 1.78. The molecule has 4 atom stereocenters. The monoisotopic (exact) mass is 182 g/mol. The maximum absolute atomic E-state index is 5.86. The molecule has 0 aromatic heterocycles. The van der Waals surface area contributed by atoms with Crippen LogP contribution in [-0.4, -0.2) is 22.8 Å². The van der Waals surface area contributed by atoms with Gasteiger partial charge in [-0.3, -0.25) is 0 Å². The van der Waals surface area contributed by atoms with Crippen molar-refractivity contribution < 1.29 is 0 Å². The van der Waals surface area contributed by atoms with E-state index in [1.165, 1.54) is 0 Å². The maximum atomic E-state index is 5.86. The zero-order chi connectivity index (χ0) is 7.72. The molecule has 4 unspecified atom stereocenters. The van der Waals surface area contributed by atoms with Crippen LogP contribution in [0, 0.1) is 0 Å². The third kappa shape index (κ3) is 1.76. The first-order valence-corrected chi connectivity index (χ1v) is 4.28. The first-order valence-electron chi connectivity index (χ1n) is 3.40. The van der Waals surface area contributed by atoms with Gasteiger partial charge in [-0.25, -0.2) is 0 Å². The lowest BCUT2D eigenvalue weighted by Gasteiger charge is -2.31. The third-order valence-electron chi connectivity index (χ3n) is 1.92. The van der Waals surface area contributed by atoms with Gasteiger partial charge >= 0.3 is 0 Å². The van der Waals surface area contributed by atoms with Gasteiger partial charge in [0, 0.05) is 12.1 Å². The van der Waals surface area contributed by atoms with E-state index in [-0.39, 0.29) is 22.8 Å². The molecular formula is C6H12Cl2N2. The third-order valence-corrected chi connectivity index (χ3v) is 2.93. The molecule has 0 bridgehead atoms. The summed E-state index contributed by atoms with van der Waals surface area (Å²) in [6.45, 7) is 0. The van der Waals surface area contributed by atoms with Crippen molar-refractivity contribution in [1.29, 1.82) is 0 Å². The Hall–Kier alpha value is 0.500. The Balaban J connectivity index is 2.46. The van der Waals surface area contributed by atoms with Gasteiger partial charge in [-0.15, -0.1) is 23.2 Å². The fraction of sp³-hybridized carbons (Fsp3) is 1.00. The van der Waals surface area contributed by atoms with E-state index in [1.807, 2.05) is 0 Å². The summed E-state index contributed by atoms with van der Waals surface area (Å²) in [5.41, 5.74) is 11.3. The van der Waals surface area contributed by atoms with Gasteiger partial charge in [-0.1, -0.05) is 0 Å². The lowest BCUT2D eigenvalue weighted by molar-refractivity contribution is 0.407. The van der Waals surface area contributed by atoms with Crippen molar-refractivity contribution in [3.05, 3.63) is 0 Å². The van der Waals surface area contributed by atoms with Gasteiger partial charge < -0.3 is 11.5 Å². The second-order valence-electron chi connectivity index (χ2n) is 2.83. The summed E-state index contributed by atoms with van der Waals surface area (Å²) in [7, 11) is 0. The highest BCUT2D eigenvalue weighted by Crippen LogP contribution is 2.24. The average Bonchev–Trinajstić information content (AvgIpc) is 1.84. The molecule has 0 amide bonds. The Labute approximate surface area is 70.8 Å². The highest BCUT2D eigenvalue weighted by atomic mass is 35.5. The predicted octanol–water partition coefficient (Wildman–Crippen LogP) is 0.650. The number of hydrogen-bond acceptors (Lipinski definition) is 2. The Morgan fingerprint density at radius 3 is 1.50 bits per heavy atom. The van der Waals surface area contributed by atoms with Gasteiger partial charge in [0.15, 0.2) is 0 Å². The molecule has 1 rings (SSSR count). The van der Waals surface area contributed by atoms with Gasteiger partial charge in [0.25, 0.3) is 0 Å². The highest BCUT2D eigenvalue weighted by molar-refractivity contribution is 6.23. The molecule has 0 radical (unpaired) electrons. The largest absolute Gasteiger partial charge is 0.326 e. The van der Waals surface area contributed by atoms with E-state index in [4.69, 9.17) is 34.7 Å². The summed E-state index contributed by atoms with van der Waals surface area (Å²) in [5.74, 6) is 0. The molecule has 1 fully saturated rings. The summed E-state index contributed by atoms with van der Waals surface area (Å²) in [6, 6.07) is 0.0351. The molecule has 0 saturated heterocycles. The summed E-state index contributed by atoms with van der Waals surface area (Å²) in [5, 5.41) is 0.00926. The van der Waals surface area contributed by atoms with Crippen molar-refractivity contribution in [1.82, 2.24) is 0 Å². The van der Waals surface area contributed by atoms with Crippen LogP contribution < -0.4 is 11.5 Å². The fourth-order valence-electron chi connectivity index (χ4n) is 1.16. The molecule has 0 spiro atoms.